The number of nitrogens with zero attached hydrogens (tertiary/aromatic N) is 1. The highest BCUT2D eigenvalue weighted by Gasteiger charge is 2.13. The molecule has 3 heteroatoms. The van der Waals surface area contributed by atoms with E-state index in [-0.39, 0.29) is 6.42 Å². The van der Waals surface area contributed by atoms with Crippen LogP contribution in [0.2, 0.25) is 0 Å². The minimum atomic E-state index is -0.761. The van der Waals surface area contributed by atoms with Gasteiger partial charge in [0.1, 0.15) is 0 Å². The standard InChI is InChI=1S/C18H21NO2/c1-15(16-8-4-2-5-9-16)14-19(13-12-18(20)21)17-10-6-3-7-11-17/h2-11,15H,12-14H2,1H3,(H,20,21). The number of carboxylic acids is 1. The molecule has 0 radical (unpaired) electrons. The molecule has 0 spiro atoms. The van der Waals surface area contributed by atoms with E-state index in [9.17, 15) is 4.79 Å². The number of anilines is 1. The van der Waals surface area contributed by atoms with Gasteiger partial charge in [0.15, 0.2) is 0 Å². The van der Waals surface area contributed by atoms with Gasteiger partial charge in [-0.2, -0.15) is 0 Å². The lowest BCUT2D eigenvalue weighted by Crippen LogP contribution is -2.30. The van der Waals surface area contributed by atoms with Crippen LogP contribution in [0.4, 0.5) is 5.69 Å². The van der Waals surface area contributed by atoms with Crippen LogP contribution < -0.4 is 4.90 Å². The maximum absolute atomic E-state index is 10.9. The number of carboxylic acid groups (broad SMARTS) is 1. The molecule has 0 aliphatic heterocycles. The van der Waals surface area contributed by atoms with Gasteiger partial charge in [-0.15, -0.1) is 0 Å². The molecule has 0 fully saturated rings. The van der Waals surface area contributed by atoms with Crippen molar-refractivity contribution in [2.45, 2.75) is 19.3 Å². The molecule has 2 aromatic carbocycles. The van der Waals surface area contributed by atoms with Crippen molar-refractivity contribution in [2.24, 2.45) is 0 Å². The van der Waals surface area contributed by atoms with Gasteiger partial charge in [0, 0.05) is 18.8 Å². The minimum Gasteiger partial charge on any atom is -0.481 e. The maximum Gasteiger partial charge on any atom is 0.305 e. The smallest absolute Gasteiger partial charge is 0.305 e. The van der Waals surface area contributed by atoms with Crippen molar-refractivity contribution >= 4 is 11.7 Å². The van der Waals surface area contributed by atoms with Crippen LogP contribution in [-0.2, 0) is 4.79 Å². The first-order valence-corrected chi connectivity index (χ1v) is 7.23. The molecule has 1 unspecified atom stereocenters. The quantitative estimate of drug-likeness (QED) is 0.841. The summed E-state index contributed by atoms with van der Waals surface area (Å²) in [5.41, 5.74) is 2.34. The van der Waals surface area contributed by atoms with E-state index in [4.69, 9.17) is 5.11 Å². The Kier molecular flexibility index (Phi) is 5.38. The second-order valence-corrected chi connectivity index (χ2v) is 5.24. The molecule has 0 saturated heterocycles. The Morgan fingerprint density at radius 3 is 2.19 bits per heavy atom. The van der Waals surface area contributed by atoms with Gasteiger partial charge in [-0.25, -0.2) is 0 Å². The summed E-state index contributed by atoms with van der Waals surface area (Å²) in [6, 6.07) is 20.3. The van der Waals surface area contributed by atoms with Gasteiger partial charge < -0.3 is 10.0 Å². The third kappa shape index (κ3) is 4.63. The summed E-state index contributed by atoms with van der Waals surface area (Å²) in [6.45, 7) is 3.50. The van der Waals surface area contributed by atoms with E-state index < -0.39 is 5.97 Å². The van der Waals surface area contributed by atoms with Crippen LogP contribution in [0.25, 0.3) is 0 Å². The average Bonchev–Trinajstić information content (AvgIpc) is 2.52. The third-order valence-corrected chi connectivity index (χ3v) is 3.58. The Labute approximate surface area is 125 Å². The first-order chi connectivity index (χ1) is 10.2. The highest BCUT2D eigenvalue weighted by atomic mass is 16.4. The fraction of sp³-hybridized carbons (Fsp3) is 0.278. The number of aliphatic carboxylic acids is 1. The van der Waals surface area contributed by atoms with Crippen LogP contribution in [0.5, 0.6) is 0 Å². The molecule has 2 aromatic rings. The van der Waals surface area contributed by atoms with Gasteiger partial charge in [0.2, 0.25) is 0 Å². The molecule has 1 atom stereocenters. The molecule has 3 nitrogen and oxygen atoms in total. The van der Waals surface area contributed by atoms with E-state index in [0.717, 1.165) is 12.2 Å². The summed E-state index contributed by atoms with van der Waals surface area (Å²) in [5.74, 6) is -0.413. The predicted molar refractivity (Wildman–Crippen MR) is 85.8 cm³/mol. The van der Waals surface area contributed by atoms with Gasteiger partial charge in [-0.05, 0) is 23.6 Å². The molecule has 0 aliphatic carbocycles. The van der Waals surface area contributed by atoms with Gasteiger partial charge in [0.25, 0.3) is 0 Å². The Bertz CT molecular complexity index is 554. The lowest BCUT2D eigenvalue weighted by Gasteiger charge is -2.27. The monoisotopic (exact) mass is 283 g/mol. The topological polar surface area (TPSA) is 40.5 Å². The summed E-state index contributed by atoms with van der Waals surface area (Å²) in [4.78, 5) is 13.0. The molecular weight excluding hydrogens is 262 g/mol. The fourth-order valence-corrected chi connectivity index (χ4v) is 2.41. The zero-order chi connectivity index (χ0) is 15.1. The molecule has 0 aromatic heterocycles. The lowest BCUT2D eigenvalue weighted by atomic mass is 10.0. The second kappa shape index (κ2) is 7.48. The number of para-hydroxylation sites is 1. The van der Waals surface area contributed by atoms with Crippen LogP contribution >= 0.6 is 0 Å². The zero-order valence-electron chi connectivity index (χ0n) is 12.3. The molecule has 0 saturated carbocycles. The lowest BCUT2D eigenvalue weighted by molar-refractivity contribution is -0.136. The van der Waals surface area contributed by atoms with E-state index in [1.54, 1.807) is 0 Å². The Balaban J connectivity index is 2.10. The number of hydrogen-bond donors (Lipinski definition) is 1. The SMILES string of the molecule is CC(CN(CCC(=O)O)c1ccccc1)c1ccccc1. The van der Waals surface area contributed by atoms with Gasteiger partial charge in [-0.1, -0.05) is 55.5 Å². The molecule has 110 valence electrons. The van der Waals surface area contributed by atoms with Crippen LogP contribution in [0.1, 0.15) is 24.8 Å². The predicted octanol–water partition coefficient (Wildman–Crippen LogP) is 3.77. The average molecular weight is 283 g/mol. The van der Waals surface area contributed by atoms with Crippen LogP contribution in [0.15, 0.2) is 60.7 Å². The summed E-state index contributed by atoms with van der Waals surface area (Å²) in [6.07, 6.45) is 0.149. The molecule has 1 N–H and O–H groups in total. The van der Waals surface area contributed by atoms with Gasteiger partial charge in [-0.3, -0.25) is 4.79 Å². The number of carbonyl (C=O) groups is 1. The Morgan fingerprint density at radius 1 is 1.05 bits per heavy atom. The summed E-state index contributed by atoms with van der Waals surface area (Å²) in [5, 5.41) is 8.93. The zero-order valence-corrected chi connectivity index (χ0v) is 12.3. The highest BCUT2D eigenvalue weighted by molar-refractivity contribution is 5.67. The molecule has 0 amide bonds. The third-order valence-electron chi connectivity index (χ3n) is 3.58. The molecule has 0 bridgehead atoms. The fourth-order valence-electron chi connectivity index (χ4n) is 2.41. The van der Waals surface area contributed by atoms with Crippen molar-refractivity contribution in [3.05, 3.63) is 66.2 Å². The van der Waals surface area contributed by atoms with Crippen LogP contribution in [0.3, 0.4) is 0 Å². The normalized spacial score (nSPS) is 11.9. The van der Waals surface area contributed by atoms with E-state index >= 15 is 0 Å². The molecule has 21 heavy (non-hydrogen) atoms. The molecule has 2 rings (SSSR count). The summed E-state index contributed by atoms with van der Waals surface area (Å²) in [7, 11) is 0. The molecule has 0 heterocycles. The number of hydrogen-bond acceptors (Lipinski definition) is 2. The second-order valence-electron chi connectivity index (χ2n) is 5.24. The number of benzene rings is 2. The number of rotatable bonds is 7. The summed E-state index contributed by atoms with van der Waals surface area (Å²) >= 11 is 0. The van der Waals surface area contributed by atoms with Crippen LogP contribution in [-0.4, -0.2) is 24.2 Å². The van der Waals surface area contributed by atoms with Crippen molar-refractivity contribution in [1.29, 1.82) is 0 Å². The molecule has 0 aliphatic rings. The van der Waals surface area contributed by atoms with E-state index in [0.29, 0.717) is 12.5 Å². The molecular formula is C18H21NO2. The van der Waals surface area contributed by atoms with Crippen molar-refractivity contribution in [2.75, 3.05) is 18.0 Å². The maximum atomic E-state index is 10.9. The van der Waals surface area contributed by atoms with E-state index in [1.165, 1.54) is 5.56 Å². The van der Waals surface area contributed by atoms with E-state index in [2.05, 4.69) is 24.0 Å². The Morgan fingerprint density at radius 2 is 1.62 bits per heavy atom. The highest BCUT2D eigenvalue weighted by Crippen LogP contribution is 2.21. The minimum absolute atomic E-state index is 0.149. The van der Waals surface area contributed by atoms with Crippen molar-refractivity contribution < 1.29 is 9.90 Å². The summed E-state index contributed by atoms with van der Waals surface area (Å²) < 4.78 is 0. The largest absolute Gasteiger partial charge is 0.481 e. The van der Waals surface area contributed by atoms with Crippen LogP contribution in [0, 0.1) is 0 Å². The van der Waals surface area contributed by atoms with E-state index in [1.807, 2.05) is 48.5 Å². The first-order valence-electron chi connectivity index (χ1n) is 7.23. The van der Waals surface area contributed by atoms with Crippen molar-refractivity contribution in [3.8, 4) is 0 Å². The first kappa shape index (κ1) is 15.1. The van der Waals surface area contributed by atoms with Gasteiger partial charge in [0.05, 0.1) is 6.42 Å². The van der Waals surface area contributed by atoms with Crippen molar-refractivity contribution in [3.63, 3.8) is 0 Å². The Hall–Kier alpha value is -2.29. The van der Waals surface area contributed by atoms with Crippen molar-refractivity contribution in [1.82, 2.24) is 0 Å². The van der Waals surface area contributed by atoms with Gasteiger partial charge >= 0.3 is 5.97 Å².